The average Bonchev–Trinajstić information content (AvgIpc) is 3.35. The minimum absolute atomic E-state index is 0.139. The summed E-state index contributed by atoms with van der Waals surface area (Å²) in [7, 11) is 0. The molecule has 5 N–H and O–H groups in total. The van der Waals surface area contributed by atoms with Gasteiger partial charge >= 0.3 is 0 Å². The smallest absolute Gasteiger partial charge is 0.258 e. The summed E-state index contributed by atoms with van der Waals surface area (Å²) >= 11 is 0. The molecule has 1 saturated heterocycles. The van der Waals surface area contributed by atoms with Gasteiger partial charge in [-0.2, -0.15) is 4.98 Å². The third kappa shape index (κ3) is 2.65. The first kappa shape index (κ1) is 16.7. The summed E-state index contributed by atoms with van der Waals surface area (Å²) in [5.74, 6) is 0.648. The van der Waals surface area contributed by atoms with Gasteiger partial charge in [0, 0.05) is 5.56 Å². The fourth-order valence-electron chi connectivity index (χ4n) is 2.87. The number of hydrogen-bond donors (Lipinski definition) is 4. The molecule has 0 unspecified atom stereocenters. The monoisotopic (exact) mass is 359 g/mol. The van der Waals surface area contributed by atoms with Crippen LogP contribution in [0.25, 0.3) is 23.0 Å². The molecule has 3 aromatic rings. The van der Waals surface area contributed by atoms with Gasteiger partial charge in [-0.3, -0.25) is 4.57 Å². The van der Waals surface area contributed by atoms with Crippen molar-refractivity contribution in [3.05, 3.63) is 36.7 Å². The van der Waals surface area contributed by atoms with Crippen molar-refractivity contribution in [2.24, 2.45) is 0 Å². The molecule has 0 amide bonds. The molecule has 0 radical (unpaired) electrons. The molecule has 0 aliphatic carbocycles. The van der Waals surface area contributed by atoms with Gasteiger partial charge in [-0.15, -0.1) is 0 Å². The highest BCUT2D eigenvalue weighted by atomic mass is 16.6. The summed E-state index contributed by atoms with van der Waals surface area (Å²) in [4.78, 5) is 8.46. The summed E-state index contributed by atoms with van der Waals surface area (Å²) in [5.41, 5.74) is 7.12. The first-order valence-electron chi connectivity index (χ1n) is 7.94. The third-order valence-electron chi connectivity index (χ3n) is 4.28. The number of rotatable bonds is 4. The van der Waals surface area contributed by atoms with E-state index in [2.05, 4.69) is 15.1 Å². The van der Waals surface area contributed by atoms with Crippen LogP contribution in [0, 0.1) is 0 Å². The topological polar surface area (TPSA) is 153 Å². The number of benzene rings is 1. The van der Waals surface area contributed by atoms with E-state index in [0.29, 0.717) is 5.89 Å². The molecule has 0 saturated carbocycles. The molecule has 0 spiro atoms. The molecule has 1 aromatic carbocycles. The van der Waals surface area contributed by atoms with Crippen LogP contribution < -0.4 is 5.73 Å². The van der Waals surface area contributed by atoms with E-state index in [-0.39, 0.29) is 17.3 Å². The zero-order chi connectivity index (χ0) is 18.3. The largest absolute Gasteiger partial charge is 0.394 e. The van der Waals surface area contributed by atoms with Crippen molar-refractivity contribution in [1.29, 1.82) is 0 Å². The number of anilines is 1. The van der Waals surface area contributed by atoms with Crippen LogP contribution in [-0.4, -0.2) is 59.9 Å². The van der Waals surface area contributed by atoms with Gasteiger partial charge in [0.2, 0.25) is 5.82 Å². The number of aromatic nitrogens is 4. The zero-order valence-corrected chi connectivity index (χ0v) is 13.5. The molecule has 10 nitrogen and oxygen atoms in total. The lowest BCUT2D eigenvalue weighted by atomic mass is 10.1. The third-order valence-corrected chi connectivity index (χ3v) is 4.28. The summed E-state index contributed by atoms with van der Waals surface area (Å²) in [6.45, 7) is -0.429. The molecule has 0 bridgehead atoms. The number of nitrogens with two attached hydrogens (primary N) is 1. The lowest BCUT2D eigenvalue weighted by molar-refractivity contribution is -0.0517. The Balaban J connectivity index is 1.64. The highest BCUT2D eigenvalue weighted by Gasteiger charge is 2.44. The number of nitrogen functional groups attached to an aromatic ring is 1. The Bertz CT molecular complexity index is 896. The van der Waals surface area contributed by atoms with Gasteiger partial charge in [-0.1, -0.05) is 23.4 Å². The van der Waals surface area contributed by atoms with Crippen molar-refractivity contribution in [2.45, 2.75) is 24.5 Å². The molecule has 1 aliphatic heterocycles. The van der Waals surface area contributed by atoms with Crippen LogP contribution in [0.5, 0.6) is 0 Å². The molecule has 26 heavy (non-hydrogen) atoms. The first-order chi connectivity index (χ1) is 12.6. The van der Waals surface area contributed by atoms with Gasteiger partial charge in [0.1, 0.15) is 24.1 Å². The van der Waals surface area contributed by atoms with Crippen molar-refractivity contribution >= 4 is 5.82 Å². The van der Waals surface area contributed by atoms with Crippen LogP contribution >= 0.6 is 0 Å². The SMILES string of the molecule is Nc1c(-c2noc(-c3ccccc3)n2)ncn1[C@@H]1O[C@H](CO)[C@@H](O)[C@H]1O. The second kappa shape index (κ2) is 6.50. The molecule has 4 atom stereocenters. The molecule has 136 valence electrons. The second-order valence-electron chi connectivity index (χ2n) is 5.90. The second-order valence-corrected chi connectivity index (χ2v) is 5.90. The molecule has 1 fully saturated rings. The van der Waals surface area contributed by atoms with Gasteiger partial charge in [-0.05, 0) is 12.1 Å². The van der Waals surface area contributed by atoms with Gasteiger partial charge < -0.3 is 30.3 Å². The van der Waals surface area contributed by atoms with E-state index in [0.717, 1.165) is 5.56 Å². The maximum Gasteiger partial charge on any atom is 0.258 e. The number of ether oxygens (including phenoxy) is 1. The molecule has 3 heterocycles. The molecule has 4 rings (SSSR count). The van der Waals surface area contributed by atoms with E-state index < -0.39 is 31.1 Å². The standard InChI is InChI=1S/C16H17N5O5/c17-13-10(14-19-15(26-20-14)8-4-2-1-3-5-8)18-7-21(13)16-12(24)11(23)9(6-22)25-16/h1-5,7,9,11-12,16,22-24H,6,17H2/t9-,11-,12-,16-/m1/s1. The van der Waals surface area contributed by atoms with Crippen molar-refractivity contribution in [3.8, 4) is 23.0 Å². The van der Waals surface area contributed by atoms with E-state index in [4.69, 9.17) is 15.0 Å². The molecule has 10 heteroatoms. The molecular weight excluding hydrogens is 342 g/mol. The van der Waals surface area contributed by atoms with E-state index in [1.165, 1.54) is 10.9 Å². The Morgan fingerprint density at radius 2 is 1.92 bits per heavy atom. The van der Waals surface area contributed by atoms with Crippen molar-refractivity contribution in [1.82, 2.24) is 19.7 Å². The van der Waals surface area contributed by atoms with E-state index >= 15 is 0 Å². The number of imidazole rings is 1. The average molecular weight is 359 g/mol. The van der Waals surface area contributed by atoms with Crippen molar-refractivity contribution in [2.75, 3.05) is 12.3 Å². The lowest BCUT2D eigenvalue weighted by Crippen LogP contribution is -2.33. The van der Waals surface area contributed by atoms with Crippen LogP contribution in [0.15, 0.2) is 41.2 Å². The lowest BCUT2D eigenvalue weighted by Gasteiger charge is -2.17. The van der Waals surface area contributed by atoms with Crippen LogP contribution in [0.1, 0.15) is 6.23 Å². The molecule has 2 aromatic heterocycles. The van der Waals surface area contributed by atoms with Gasteiger partial charge in [0.25, 0.3) is 5.89 Å². The first-order valence-corrected chi connectivity index (χ1v) is 7.94. The predicted octanol–water partition coefficient (Wildman–Crippen LogP) is -0.206. The highest BCUT2D eigenvalue weighted by molar-refractivity contribution is 5.66. The summed E-state index contributed by atoms with van der Waals surface area (Å²) in [6, 6.07) is 9.24. The fourth-order valence-corrected chi connectivity index (χ4v) is 2.87. The Morgan fingerprint density at radius 1 is 1.15 bits per heavy atom. The summed E-state index contributed by atoms with van der Waals surface area (Å²) in [6.07, 6.45) is -3.03. The quantitative estimate of drug-likeness (QED) is 0.496. The molecule has 1 aliphatic rings. The van der Waals surface area contributed by atoms with Gasteiger partial charge in [-0.25, -0.2) is 4.98 Å². The number of hydrogen-bond acceptors (Lipinski definition) is 9. The van der Waals surface area contributed by atoms with Crippen LogP contribution in [0.2, 0.25) is 0 Å². The van der Waals surface area contributed by atoms with Crippen LogP contribution in [0.4, 0.5) is 5.82 Å². The maximum absolute atomic E-state index is 10.1. The Kier molecular flexibility index (Phi) is 4.17. The van der Waals surface area contributed by atoms with Crippen molar-refractivity contribution < 1.29 is 24.6 Å². The fraction of sp³-hybridized carbons (Fsp3) is 0.312. The van der Waals surface area contributed by atoms with Gasteiger partial charge in [0.05, 0.1) is 12.9 Å². The normalized spacial score (nSPS) is 25.7. The Labute approximate surface area is 147 Å². The van der Waals surface area contributed by atoms with Gasteiger partial charge in [0.15, 0.2) is 11.9 Å². The Morgan fingerprint density at radius 3 is 2.62 bits per heavy atom. The molecular formula is C16H17N5O5. The van der Waals surface area contributed by atoms with Crippen LogP contribution in [0.3, 0.4) is 0 Å². The number of aliphatic hydroxyl groups is 3. The summed E-state index contributed by atoms with van der Waals surface area (Å²) < 4.78 is 12.1. The predicted molar refractivity (Wildman–Crippen MR) is 88.4 cm³/mol. The van der Waals surface area contributed by atoms with E-state index in [9.17, 15) is 15.3 Å². The number of aliphatic hydroxyl groups excluding tert-OH is 3. The highest BCUT2D eigenvalue weighted by Crippen LogP contribution is 2.34. The van der Waals surface area contributed by atoms with Crippen molar-refractivity contribution in [3.63, 3.8) is 0 Å². The zero-order valence-electron chi connectivity index (χ0n) is 13.5. The number of nitrogens with zero attached hydrogens (tertiary/aromatic N) is 4. The summed E-state index contributed by atoms with van der Waals surface area (Å²) in [5, 5.41) is 33.1. The minimum atomic E-state index is -1.26. The maximum atomic E-state index is 10.1. The Hall–Kier alpha value is -2.79. The minimum Gasteiger partial charge on any atom is -0.394 e. The van der Waals surface area contributed by atoms with Crippen LogP contribution in [-0.2, 0) is 4.74 Å². The van der Waals surface area contributed by atoms with E-state index in [1.807, 2.05) is 30.3 Å². The van der Waals surface area contributed by atoms with E-state index in [1.54, 1.807) is 0 Å².